The number of nitrogens with one attached hydrogen (secondary N) is 3. The van der Waals surface area contributed by atoms with Gasteiger partial charge in [-0.1, -0.05) is 46.4 Å². The first-order valence-corrected chi connectivity index (χ1v) is 33.5. The Bertz CT molecular complexity index is 3480. The number of aliphatic hydroxyl groups excluding tert-OH is 2. The molecule has 28 heteroatoms. The second-order valence-electron chi connectivity index (χ2n) is 21.9. The van der Waals surface area contributed by atoms with E-state index in [1.807, 2.05) is 10.6 Å². The fourth-order valence-corrected chi connectivity index (χ4v) is 12.7. The predicted molar refractivity (Wildman–Crippen MR) is 325 cm³/mol. The molecule has 6 aliphatic rings. The number of halogens is 4. The molecule has 6 aromatic rings. The summed E-state index contributed by atoms with van der Waals surface area (Å²) in [5.74, 6) is 1.22. The molecule has 22 nitrogen and oxygen atoms in total. The maximum absolute atomic E-state index is 13.9. The highest BCUT2D eigenvalue weighted by Crippen LogP contribution is 2.38. The first kappa shape index (κ1) is 62.3. The number of nitrogens with two attached hydrogens (primary N) is 1. The normalized spacial score (nSPS) is 21.3. The van der Waals surface area contributed by atoms with E-state index >= 15 is 0 Å². The van der Waals surface area contributed by atoms with Gasteiger partial charge in [-0.05, 0) is 139 Å². The second-order valence-corrected chi connectivity index (χ2v) is 27.1. The number of piperidine rings is 3. The number of amides is 2. The lowest BCUT2D eigenvalue weighted by molar-refractivity contribution is 0.0600. The zero-order valence-corrected chi connectivity index (χ0v) is 51.1. The molecule has 2 aromatic carbocycles. The number of benzene rings is 2. The zero-order chi connectivity index (χ0) is 59.2. The van der Waals surface area contributed by atoms with Gasteiger partial charge in [-0.25, -0.2) is 31.3 Å². The van der Waals surface area contributed by atoms with E-state index in [0.29, 0.717) is 64.9 Å². The van der Waals surface area contributed by atoms with Crippen molar-refractivity contribution in [2.75, 3.05) is 84.1 Å². The van der Waals surface area contributed by atoms with E-state index in [1.54, 1.807) is 21.9 Å². The van der Waals surface area contributed by atoms with Crippen LogP contribution in [0.25, 0.3) is 11.3 Å². The molecular weight excluding hydrogens is 1190 g/mol. The van der Waals surface area contributed by atoms with Gasteiger partial charge in [0.05, 0.1) is 70.7 Å². The molecule has 0 radical (unpaired) electrons. The lowest BCUT2D eigenvalue weighted by atomic mass is 9.94. The molecule has 12 rings (SSSR count). The van der Waals surface area contributed by atoms with Gasteiger partial charge in [-0.3, -0.25) is 19.0 Å². The Balaban J connectivity index is 0.000000169. The summed E-state index contributed by atoms with van der Waals surface area (Å²) in [6.45, 7) is 6.91. The van der Waals surface area contributed by atoms with Crippen molar-refractivity contribution in [3.8, 4) is 0 Å². The van der Waals surface area contributed by atoms with Crippen molar-refractivity contribution < 1.29 is 36.6 Å². The number of hydrogen-bond acceptors (Lipinski definition) is 16. The maximum Gasteiger partial charge on any atom is 0.256 e. The van der Waals surface area contributed by atoms with Crippen LogP contribution in [0.1, 0.15) is 134 Å². The minimum Gasteiger partial charge on any atom is -0.393 e. The molecular formula is C55H72Cl4N14O8S2. The highest BCUT2D eigenvalue weighted by Gasteiger charge is 2.35. The summed E-state index contributed by atoms with van der Waals surface area (Å²) >= 11 is 24.6. The van der Waals surface area contributed by atoms with E-state index in [-0.39, 0.29) is 63.8 Å². The van der Waals surface area contributed by atoms with Crippen molar-refractivity contribution in [1.29, 1.82) is 0 Å². The molecule has 0 unspecified atom stereocenters. The molecule has 1 saturated carbocycles. The Hall–Kier alpha value is -5.28. The molecule has 1 aliphatic carbocycles. The lowest BCUT2D eigenvalue weighted by Crippen LogP contribution is -2.39. The molecule has 4 aromatic heterocycles. The third-order valence-corrected chi connectivity index (χ3v) is 17.5. The van der Waals surface area contributed by atoms with Gasteiger partial charge in [0.2, 0.25) is 20.0 Å². The molecule has 9 heterocycles. The van der Waals surface area contributed by atoms with E-state index in [4.69, 9.17) is 67.3 Å². The molecule has 5 saturated heterocycles. The van der Waals surface area contributed by atoms with Crippen LogP contribution >= 0.6 is 46.4 Å². The average molecular weight is 1260 g/mol. The average Bonchev–Trinajstić information content (AvgIpc) is 4.25. The van der Waals surface area contributed by atoms with Gasteiger partial charge in [0, 0.05) is 79.6 Å². The monoisotopic (exact) mass is 1260 g/mol. The fraction of sp³-hybridized carbons (Fsp3) is 0.527. The number of aromatic nitrogens is 6. The maximum atomic E-state index is 13.9. The largest absolute Gasteiger partial charge is 0.393 e. The summed E-state index contributed by atoms with van der Waals surface area (Å²) in [6.07, 6.45) is 14.4. The Morgan fingerprint density at radius 3 is 1.52 bits per heavy atom. The van der Waals surface area contributed by atoms with Crippen molar-refractivity contribution in [3.63, 3.8) is 0 Å². The SMILES string of the molecule is C1CNC1.CS(=O)(=O)Nc1ccc(Cl)cc1C(=O)N1CCCC[C@H]1c1cc2nc(Cl)cc(Cl)n2n1.CS(=O)(=O)Nc1ccc(Cl)cc1C(=O)N1CCCC[C@H]1c1cc2nc(N3CCC3)cc(N3CCC(O)CC3)n2n1.NC1CCC(O)CC1. The molecule has 2 atom stereocenters. The third-order valence-electron chi connectivity index (χ3n) is 15.4. The van der Waals surface area contributed by atoms with E-state index in [0.717, 1.165) is 126 Å². The van der Waals surface area contributed by atoms with Gasteiger partial charge < -0.3 is 40.9 Å². The quantitative estimate of drug-likeness (QED) is 0.0710. The lowest BCUT2D eigenvalue weighted by Gasteiger charge is -2.35. The van der Waals surface area contributed by atoms with Gasteiger partial charge in [0.15, 0.2) is 11.3 Å². The van der Waals surface area contributed by atoms with Gasteiger partial charge in [-0.2, -0.15) is 14.7 Å². The Kier molecular flexibility index (Phi) is 20.5. The molecule has 83 heavy (non-hydrogen) atoms. The van der Waals surface area contributed by atoms with Crippen LogP contribution in [0, 0.1) is 0 Å². The van der Waals surface area contributed by atoms with E-state index in [9.17, 15) is 31.5 Å². The minimum absolute atomic E-state index is 0.0604. The number of fused-ring (bicyclic) bond motifs is 2. The summed E-state index contributed by atoms with van der Waals surface area (Å²) in [5, 5.41) is 32.9. The number of sulfonamides is 2. The van der Waals surface area contributed by atoms with Gasteiger partial charge in [0.25, 0.3) is 11.8 Å². The van der Waals surface area contributed by atoms with Crippen molar-refractivity contribution in [1.82, 2.24) is 44.3 Å². The number of aliphatic hydroxyl groups is 2. The minimum atomic E-state index is -3.60. The number of hydrogen-bond donors (Lipinski definition) is 6. The van der Waals surface area contributed by atoms with Gasteiger partial charge in [-0.15, -0.1) is 0 Å². The summed E-state index contributed by atoms with van der Waals surface area (Å²) in [6, 6.07) is 16.1. The zero-order valence-electron chi connectivity index (χ0n) is 46.4. The van der Waals surface area contributed by atoms with Crippen molar-refractivity contribution >= 4 is 113 Å². The molecule has 0 spiro atoms. The number of carbonyl (C=O) groups is 2. The van der Waals surface area contributed by atoms with Crippen LogP contribution in [0.2, 0.25) is 20.4 Å². The topological polar surface area (TPSA) is 278 Å². The van der Waals surface area contributed by atoms with Crippen LogP contribution in [-0.4, -0.2) is 161 Å². The van der Waals surface area contributed by atoms with Crippen molar-refractivity contribution in [2.45, 2.75) is 120 Å². The second kappa shape index (κ2) is 27.4. The van der Waals surface area contributed by atoms with Gasteiger partial charge >= 0.3 is 0 Å². The number of carbonyl (C=O) groups excluding carboxylic acids is 2. The first-order chi connectivity index (χ1) is 39.6. The Morgan fingerprint density at radius 2 is 1.06 bits per heavy atom. The summed E-state index contributed by atoms with van der Waals surface area (Å²) in [7, 11) is -7.18. The first-order valence-electron chi connectivity index (χ1n) is 28.2. The standard InChI is InChI=1S/C27H34ClN7O4S.C19H18Cl3N5O3S.C6H13NO.C3H7N/c1-40(38,39)31-21-7-6-18(28)15-20(21)27(37)34-12-3-2-5-23(34)22-16-25-29-24(32-10-4-11-32)17-26(35(25)30-22)33-13-8-19(36)9-14-33;1-31(29,30)25-13-6-5-11(20)8-12(13)19(28)26-7-3-2-4-15(26)14-9-18-23-16(21)10-17(22)27(18)24-14;7-5-1-3-6(8)4-2-5;1-2-4-3-1/h6-7,15-17,19,23,31,36H,2-5,8-14H2,1H3;5-6,8-10,15,25H,2-4,7H2,1H3;5-6,8H,1-4,7H2;4H,1-3H2/t23-;15-;;/m00../s1. The van der Waals surface area contributed by atoms with Crippen LogP contribution in [0.5, 0.6) is 0 Å². The molecule has 7 N–H and O–H groups in total. The number of likely N-dealkylation sites (tertiary alicyclic amines) is 2. The number of anilines is 4. The molecule has 0 bridgehead atoms. The van der Waals surface area contributed by atoms with Crippen LogP contribution in [0.4, 0.5) is 23.0 Å². The van der Waals surface area contributed by atoms with E-state index in [2.05, 4.69) is 40.7 Å². The molecule has 6 fully saturated rings. The number of rotatable bonds is 10. The summed E-state index contributed by atoms with van der Waals surface area (Å²) in [4.78, 5) is 44.6. The predicted octanol–water partition coefficient (Wildman–Crippen LogP) is 7.95. The smallest absolute Gasteiger partial charge is 0.256 e. The van der Waals surface area contributed by atoms with Crippen LogP contribution in [0.3, 0.4) is 0 Å². The van der Waals surface area contributed by atoms with Crippen molar-refractivity contribution in [3.05, 3.63) is 104 Å². The molecule has 2 amide bonds. The molecule has 5 aliphatic heterocycles. The van der Waals surface area contributed by atoms with Gasteiger partial charge in [0.1, 0.15) is 21.9 Å². The van der Waals surface area contributed by atoms with E-state index in [1.165, 1.54) is 60.4 Å². The highest BCUT2D eigenvalue weighted by molar-refractivity contribution is 7.92. The van der Waals surface area contributed by atoms with Crippen LogP contribution in [0.15, 0.2) is 60.7 Å². The summed E-state index contributed by atoms with van der Waals surface area (Å²) in [5.41, 5.74) is 8.92. The third kappa shape index (κ3) is 16.2. The van der Waals surface area contributed by atoms with E-state index < -0.39 is 20.0 Å². The molecule has 450 valence electrons. The number of nitrogens with zero attached hydrogens (tertiary/aromatic N) is 10. The van der Waals surface area contributed by atoms with Crippen LogP contribution in [-0.2, 0) is 20.0 Å². The Morgan fingerprint density at radius 1 is 0.578 bits per heavy atom. The van der Waals surface area contributed by atoms with Crippen molar-refractivity contribution in [2.24, 2.45) is 5.73 Å². The fourth-order valence-electron chi connectivity index (χ4n) is 10.8. The Labute approximate surface area is 504 Å². The van der Waals surface area contributed by atoms with Crippen LogP contribution < -0.4 is 30.3 Å². The summed E-state index contributed by atoms with van der Waals surface area (Å²) < 4.78 is 55.7. The highest BCUT2D eigenvalue weighted by atomic mass is 35.5.